The van der Waals surface area contributed by atoms with Gasteiger partial charge >= 0.3 is 6.09 Å². The summed E-state index contributed by atoms with van der Waals surface area (Å²) in [6.07, 6.45) is -0.00873. The zero-order valence-corrected chi connectivity index (χ0v) is 17.8. The van der Waals surface area contributed by atoms with Gasteiger partial charge in [-0.05, 0) is 38.5 Å². The molecule has 0 radical (unpaired) electrons. The Morgan fingerprint density at radius 3 is 2.70 bits per heavy atom. The van der Waals surface area contributed by atoms with E-state index in [1.54, 1.807) is 4.90 Å². The second-order valence-electron chi connectivity index (χ2n) is 9.10. The number of ether oxygens (including phenoxy) is 3. The molecule has 0 saturated carbocycles. The number of rotatable bonds is 3. The molecule has 1 saturated heterocycles. The Labute approximate surface area is 177 Å². The maximum atomic E-state index is 12.5. The molecular weight excluding hydrogens is 382 g/mol. The second kappa shape index (κ2) is 7.84. The number of hydrogen-bond acceptors (Lipinski definition) is 5. The zero-order valence-electron chi connectivity index (χ0n) is 17.8. The number of hydrogen-bond donors (Lipinski definition) is 1. The van der Waals surface area contributed by atoms with Crippen molar-refractivity contribution in [2.24, 2.45) is 0 Å². The number of amides is 1. The molecule has 0 aliphatic carbocycles. The maximum Gasteiger partial charge on any atom is 0.410 e. The number of carbonyl (C=O) groups excluding carboxylic acids is 1. The van der Waals surface area contributed by atoms with Gasteiger partial charge in [0.1, 0.15) is 29.3 Å². The summed E-state index contributed by atoms with van der Waals surface area (Å²) in [7, 11) is 0. The van der Waals surface area contributed by atoms with Crippen molar-refractivity contribution in [1.29, 1.82) is 0 Å². The highest BCUT2D eigenvalue weighted by molar-refractivity contribution is 5.68. The molecule has 2 aromatic rings. The Hall–Kier alpha value is -2.73. The van der Waals surface area contributed by atoms with Crippen LogP contribution in [-0.2, 0) is 11.3 Å². The van der Waals surface area contributed by atoms with Crippen molar-refractivity contribution < 1.29 is 24.1 Å². The topological polar surface area (TPSA) is 68.2 Å². The monoisotopic (exact) mass is 411 g/mol. The fourth-order valence-electron chi connectivity index (χ4n) is 4.11. The normalized spacial score (nSPS) is 23.1. The molecule has 1 fully saturated rings. The molecule has 30 heavy (non-hydrogen) atoms. The largest absolute Gasteiger partial charge is 0.488 e. The summed E-state index contributed by atoms with van der Waals surface area (Å²) in [5.74, 6) is 1.24. The Balaban J connectivity index is 1.49. The van der Waals surface area contributed by atoms with Crippen LogP contribution in [0.5, 0.6) is 11.5 Å². The second-order valence-corrected chi connectivity index (χ2v) is 9.10. The molecule has 2 aliphatic heterocycles. The van der Waals surface area contributed by atoms with Crippen LogP contribution in [0, 0.1) is 0 Å². The molecule has 6 heteroatoms. The first-order chi connectivity index (χ1) is 14.2. The van der Waals surface area contributed by atoms with E-state index in [4.69, 9.17) is 14.2 Å². The van der Waals surface area contributed by atoms with Crippen molar-refractivity contribution in [1.82, 2.24) is 4.90 Å². The summed E-state index contributed by atoms with van der Waals surface area (Å²) in [6.45, 7) is 6.91. The average Bonchev–Trinajstić information content (AvgIpc) is 3.08. The van der Waals surface area contributed by atoms with Gasteiger partial charge in [0.2, 0.25) is 0 Å². The average molecular weight is 411 g/mol. The van der Waals surface area contributed by atoms with Gasteiger partial charge in [0.15, 0.2) is 0 Å². The third kappa shape index (κ3) is 4.38. The molecule has 2 aliphatic rings. The predicted molar refractivity (Wildman–Crippen MR) is 113 cm³/mol. The predicted octanol–water partition coefficient (Wildman–Crippen LogP) is 4.46. The number of fused-ring (bicyclic) bond motifs is 1. The first kappa shape index (κ1) is 20.5. The summed E-state index contributed by atoms with van der Waals surface area (Å²) < 4.78 is 17.9. The van der Waals surface area contributed by atoms with Gasteiger partial charge in [0, 0.05) is 19.4 Å². The van der Waals surface area contributed by atoms with E-state index in [1.165, 1.54) is 0 Å². The Kier molecular flexibility index (Phi) is 5.36. The molecule has 0 unspecified atom stereocenters. The molecule has 2 aromatic carbocycles. The smallest absolute Gasteiger partial charge is 0.410 e. The van der Waals surface area contributed by atoms with E-state index in [0.29, 0.717) is 49.6 Å². The van der Waals surface area contributed by atoms with Crippen molar-refractivity contribution in [3.05, 3.63) is 59.7 Å². The minimum absolute atomic E-state index is 0.344. The first-order valence-corrected chi connectivity index (χ1v) is 10.4. The lowest BCUT2D eigenvalue weighted by atomic mass is 9.87. The van der Waals surface area contributed by atoms with Gasteiger partial charge in [-0.2, -0.15) is 0 Å². The summed E-state index contributed by atoms with van der Waals surface area (Å²) >= 11 is 0. The zero-order chi connectivity index (χ0) is 21.4. The molecule has 0 bridgehead atoms. The number of nitrogens with zero attached hydrogens (tertiary/aromatic N) is 1. The molecule has 1 amide bonds. The van der Waals surface area contributed by atoms with Crippen molar-refractivity contribution in [3.63, 3.8) is 0 Å². The van der Waals surface area contributed by atoms with E-state index in [9.17, 15) is 9.90 Å². The van der Waals surface area contributed by atoms with E-state index in [-0.39, 0.29) is 6.09 Å². The van der Waals surface area contributed by atoms with Gasteiger partial charge < -0.3 is 24.2 Å². The molecule has 160 valence electrons. The van der Waals surface area contributed by atoms with Gasteiger partial charge in [0.05, 0.1) is 18.2 Å². The summed E-state index contributed by atoms with van der Waals surface area (Å²) in [6, 6.07) is 15.5. The van der Waals surface area contributed by atoms with Crippen LogP contribution >= 0.6 is 0 Å². The molecule has 6 nitrogen and oxygen atoms in total. The van der Waals surface area contributed by atoms with E-state index in [2.05, 4.69) is 0 Å². The van der Waals surface area contributed by atoms with Crippen molar-refractivity contribution in [2.75, 3.05) is 13.1 Å². The molecular formula is C24H29NO5. The number of aliphatic hydroxyl groups is 1. The quantitative estimate of drug-likeness (QED) is 0.808. The molecule has 4 rings (SSSR count). The Bertz CT molecular complexity index is 908. The van der Waals surface area contributed by atoms with Crippen LogP contribution in [0.2, 0.25) is 0 Å². The third-order valence-corrected chi connectivity index (χ3v) is 5.46. The van der Waals surface area contributed by atoms with Crippen LogP contribution in [0.1, 0.15) is 50.8 Å². The van der Waals surface area contributed by atoms with Crippen molar-refractivity contribution in [3.8, 4) is 11.5 Å². The lowest BCUT2D eigenvalue weighted by Crippen LogP contribution is -2.45. The first-order valence-electron chi connectivity index (χ1n) is 10.4. The highest BCUT2D eigenvalue weighted by Gasteiger charge is 2.48. The Morgan fingerprint density at radius 2 is 1.97 bits per heavy atom. The van der Waals surface area contributed by atoms with Crippen molar-refractivity contribution >= 4 is 6.09 Å². The molecule has 0 aromatic heterocycles. The summed E-state index contributed by atoms with van der Waals surface area (Å²) in [4.78, 5) is 14.1. The molecule has 1 N–H and O–H groups in total. The number of carbonyl (C=O) groups is 1. The van der Waals surface area contributed by atoms with Gasteiger partial charge in [0.25, 0.3) is 0 Å². The number of aliphatic hydroxyl groups excluding tert-OH is 1. The van der Waals surface area contributed by atoms with Gasteiger partial charge in [-0.3, -0.25) is 0 Å². The van der Waals surface area contributed by atoms with Crippen molar-refractivity contribution in [2.45, 2.75) is 57.5 Å². The van der Waals surface area contributed by atoms with Gasteiger partial charge in [-0.1, -0.05) is 36.4 Å². The lowest BCUT2D eigenvalue weighted by Gasteiger charge is -2.38. The maximum absolute atomic E-state index is 12.5. The van der Waals surface area contributed by atoms with Crippen LogP contribution in [-0.4, -0.2) is 40.4 Å². The van der Waals surface area contributed by atoms with Crippen LogP contribution in [0.15, 0.2) is 48.5 Å². The van der Waals surface area contributed by atoms with Crippen LogP contribution in [0.3, 0.4) is 0 Å². The fourth-order valence-corrected chi connectivity index (χ4v) is 4.11. The van der Waals surface area contributed by atoms with Crippen LogP contribution in [0.4, 0.5) is 4.79 Å². The number of benzene rings is 2. The molecule has 2 atom stereocenters. The van der Waals surface area contributed by atoms with Crippen LogP contribution in [0.25, 0.3) is 0 Å². The summed E-state index contributed by atoms with van der Waals surface area (Å²) in [5.41, 5.74) is 0.579. The van der Waals surface area contributed by atoms with Gasteiger partial charge in [-0.25, -0.2) is 4.79 Å². The van der Waals surface area contributed by atoms with E-state index in [1.807, 2.05) is 69.3 Å². The highest BCUT2D eigenvalue weighted by atomic mass is 16.6. The van der Waals surface area contributed by atoms with E-state index in [0.717, 1.165) is 5.56 Å². The Morgan fingerprint density at radius 1 is 1.20 bits per heavy atom. The minimum atomic E-state index is -0.723. The summed E-state index contributed by atoms with van der Waals surface area (Å²) in [5, 5.41) is 11.0. The van der Waals surface area contributed by atoms with E-state index < -0.39 is 17.3 Å². The van der Waals surface area contributed by atoms with Gasteiger partial charge in [-0.15, -0.1) is 0 Å². The minimum Gasteiger partial charge on any atom is -0.488 e. The third-order valence-electron chi connectivity index (χ3n) is 5.46. The van der Waals surface area contributed by atoms with Crippen LogP contribution < -0.4 is 9.47 Å². The molecule has 1 spiro atoms. The number of likely N-dealkylation sites (tertiary alicyclic amines) is 1. The SMILES string of the molecule is CC(C)(C)OC(=O)N1CC[C@@]2(C[C@H](O)c3c(OCc4ccccc4)cccc3O2)C1. The standard InChI is InChI=1S/C24H29NO5/c1-23(2,3)30-22(27)25-13-12-24(16-25)14-18(26)21-19(10-7-11-20(21)29-24)28-15-17-8-5-4-6-9-17/h4-11,18,26H,12-16H2,1-3H3/t18-,24+/m0/s1. The van der Waals surface area contributed by atoms with E-state index >= 15 is 0 Å². The highest BCUT2D eigenvalue weighted by Crippen LogP contribution is 2.47. The fraction of sp³-hybridized carbons (Fsp3) is 0.458. The molecule has 2 heterocycles. The lowest BCUT2D eigenvalue weighted by molar-refractivity contribution is -0.0144.